The summed E-state index contributed by atoms with van der Waals surface area (Å²) in [6.45, 7) is 2.53. The molecule has 0 amide bonds. The van der Waals surface area contributed by atoms with Crippen LogP contribution in [0.4, 0.5) is 13.2 Å². The van der Waals surface area contributed by atoms with E-state index in [4.69, 9.17) is 0 Å². The monoisotopic (exact) mass is 286 g/mol. The van der Waals surface area contributed by atoms with Gasteiger partial charge in [0.2, 0.25) is 0 Å². The lowest BCUT2D eigenvalue weighted by molar-refractivity contribution is -0.154. The van der Waals surface area contributed by atoms with Crippen molar-refractivity contribution in [3.8, 4) is 0 Å². The maximum Gasteiger partial charge on any atom is 0.401 e. The van der Waals surface area contributed by atoms with Crippen LogP contribution in [0.1, 0.15) is 31.4 Å². The van der Waals surface area contributed by atoms with Crippen molar-refractivity contribution in [1.82, 2.24) is 10.2 Å². The first-order valence-corrected chi connectivity index (χ1v) is 7.08. The second kappa shape index (κ2) is 6.59. The Kier molecular flexibility index (Phi) is 5.05. The molecule has 112 valence electrons. The lowest BCUT2D eigenvalue weighted by Crippen LogP contribution is -2.47. The highest BCUT2D eigenvalue weighted by Gasteiger charge is 2.37. The van der Waals surface area contributed by atoms with Crippen molar-refractivity contribution in [1.29, 1.82) is 0 Å². The molecule has 0 radical (unpaired) electrons. The van der Waals surface area contributed by atoms with Gasteiger partial charge in [-0.3, -0.25) is 4.90 Å². The SMILES string of the molecule is CCNC1CCN(CC(F)(F)F)[C@H](c2ccccc2)C1. The molecule has 1 aromatic rings. The fourth-order valence-electron chi connectivity index (χ4n) is 2.93. The number of hydrogen-bond donors (Lipinski definition) is 1. The van der Waals surface area contributed by atoms with E-state index in [1.54, 1.807) is 4.90 Å². The van der Waals surface area contributed by atoms with E-state index in [0.29, 0.717) is 12.6 Å². The minimum absolute atomic E-state index is 0.157. The molecule has 1 fully saturated rings. The summed E-state index contributed by atoms with van der Waals surface area (Å²) in [5, 5.41) is 3.36. The molecule has 1 aliphatic rings. The highest BCUT2D eigenvalue weighted by Crippen LogP contribution is 2.33. The molecular formula is C15H21F3N2. The van der Waals surface area contributed by atoms with Gasteiger partial charge in [0.25, 0.3) is 0 Å². The lowest BCUT2D eigenvalue weighted by atomic mass is 9.91. The number of nitrogens with one attached hydrogen (secondary N) is 1. The summed E-state index contributed by atoms with van der Waals surface area (Å²) in [7, 11) is 0. The molecule has 0 aliphatic carbocycles. The summed E-state index contributed by atoms with van der Waals surface area (Å²) >= 11 is 0. The van der Waals surface area contributed by atoms with Crippen LogP contribution in [0.3, 0.4) is 0 Å². The third kappa shape index (κ3) is 4.21. The number of piperidine rings is 1. The van der Waals surface area contributed by atoms with Crippen molar-refractivity contribution in [2.24, 2.45) is 0 Å². The molecule has 5 heteroatoms. The van der Waals surface area contributed by atoms with Crippen LogP contribution in [0.25, 0.3) is 0 Å². The van der Waals surface area contributed by atoms with Crippen LogP contribution in [-0.4, -0.2) is 36.8 Å². The highest BCUT2D eigenvalue weighted by atomic mass is 19.4. The smallest absolute Gasteiger partial charge is 0.314 e. The molecule has 0 saturated carbocycles. The topological polar surface area (TPSA) is 15.3 Å². The fraction of sp³-hybridized carbons (Fsp3) is 0.600. The van der Waals surface area contributed by atoms with Gasteiger partial charge in [-0.15, -0.1) is 0 Å². The van der Waals surface area contributed by atoms with Crippen molar-refractivity contribution < 1.29 is 13.2 Å². The summed E-state index contributed by atoms with van der Waals surface area (Å²) in [6, 6.07) is 9.65. The Morgan fingerprint density at radius 1 is 1.25 bits per heavy atom. The standard InChI is InChI=1S/C15H21F3N2/c1-2-19-13-8-9-20(11-15(16,17)18)14(10-13)12-6-4-3-5-7-12/h3-7,13-14,19H,2,8-11H2,1H3/t13?,14-/m0/s1. The number of benzene rings is 1. The Morgan fingerprint density at radius 2 is 1.95 bits per heavy atom. The molecule has 2 atom stereocenters. The van der Waals surface area contributed by atoms with Crippen LogP contribution in [0.5, 0.6) is 0 Å². The van der Waals surface area contributed by atoms with Gasteiger partial charge < -0.3 is 5.32 Å². The van der Waals surface area contributed by atoms with Gasteiger partial charge in [-0.25, -0.2) is 0 Å². The van der Waals surface area contributed by atoms with Crippen LogP contribution in [0, 0.1) is 0 Å². The van der Waals surface area contributed by atoms with Gasteiger partial charge in [0.1, 0.15) is 0 Å². The molecular weight excluding hydrogens is 265 g/mol. The van der Waals surface area contributed by atoms with E-state index >= 15 is 0 Å². The third-order valence-electron chi connectivity index (χ3n) is 3.77. The number of likely N-dealkylation sites (tertiary alicyclic amines) is 1. The van der Waals surface area contributed by atoms with E-state index in [-0.39, 0.29) is 6.04 Å². The maximum atomic E-state index is 12.7. The number of halogens is 3. The number of alkyl halides is 3. The molecule has 1 N–H and O–H groups in total. The third-order valence-corrected chi connectivity index (χ3v) is 3.77. The van der Waals surface area contributed by atoms with E-state index in [1.165, 1.54) is 0 Å². The Hall–Kier alpha value is -1.07. The molecule has 20 heavy (non-hydrogen) atoms. The first-order valence-electron chi connectivity index (χ1n) is 7.08. The average molecular weight is 286 g/mol. The first kappa shape index (κ1) is 15.3. The Balaban J connectivity index is 2.14. The van der Waals surface area contributed by atoms with Crippen molar-refractivity contribution in [3.05, 3.63) is 35.9 Å². The number of hydrogen-bond acceptors (Lipinski definition) is 2. The normalized spacial score (nSPS) is 24.8. The number of rotatable bonds is 4. The van der Waals surface area contributed by atoms with E-state index in [0.717, 1.165) is 24.9 Å². The molecule has 1 aromatic carbocycles. The van der Waals surface area contributed by atoms with Crippen molar-refractivity contribution in [2.75, 3.05) is 19.6 Å². The molecule has 0 aromatic heterocycles. The van der Waals surface area contributed by atoms with Crippen LogP contribution in [-0.2, 0) is 0 Å². The van der Waals surface area contributed by atoms with Crippen LogP contribution in [0.2, 0.25) is 0 Å². The molecule has 1 saturated heterocycles. The zero-order valence-corrected chi connectivity index (χ0v) is 11.7. The highest BCUT2D eigenvalue weighted by molar-refractivity contribution is 5.20. The summed E-state index contributed by atoms with van der Waals surface area (Å²) in [4.78, 5) is 1.56. The summed E-state index contributed by atoms with van der Waals surface area (Å²) in [6.07, 6.45) is -2.64. The van der Waals surface area contributed by atoms with Crippen molar-refractivity contribution in [3.63, 3.8) is 0 Å². The second-order valence-corrected chi connectivity index (χ2v) is 5.29. The molecule has 2 nitrogen and oxygen atoms in total. The van der Waals surface area contributed by atoms with E-state index in [9.17, 15) is 13.2 Å². The van der Waals surface area contributed by atoms with E-state index < -0.39 is 12.7 Å². The maximum absolute atomic E-state index is 12.7. The fourth-order valence-corrected chi connectivity index (χ4v) is 2.93. The first-order chi connectivity index (χ1) is 9.49. The van der Waals surface area contributed by atoms with Gasteiger partial charge >= 0.3 is 6.18 Å². The van der Waals surface area contributed by atoms with Gasteiger partial charge in [-0.2, -0.15) is 13.2 Å². The molecule has 1 heterocycles. The molecule has 1 unspecified atom stereocenters. The Morgan fingerprint density at radius 3 is 2.55 bits per heavy atom. The van der Waals surface area contributed by atoms with Crippen LogP contribution < -0.4 is 5.32 Å². The Bertz CT molecular complexity index is 405. The molecule has 1 aliphatic heterocycles. The summed E-state index contributed by atoms with van der Waals surface area (Å²) in [5.41, 5.74) is 0.972. The quantitative estimate of drug-likeness (QED) is 0.913. The molecule has 0 bridgehead atoms. The molecule has 2 rings (SSSR count). The summed E-state index contributed by atoms with van der Waals surface area (Å²) < 4.78 is 38.2. The zero-order chi connectivity index (χ0) is 14.6. The van der Waals surface area contributed by atoms with Crippen molar-refractivity contribution in [2.45, 2.75) is 38.0 Å². The van der Waals surface area contributed by atoms with Gasteiger partial charge in [0, 0.05) is 18.6 Å². The van der Waals surface area contributed by atoms with E-state index in [1.807, 2.05) is 37.3 Å². The predicted molar refractivity (Wildman–Crippen MR) is 73.5 cm³/mol. The minimum atomic E-state index is -4.14. The van der Waals surface area contributed by atoms with Gasteiger partial charge in [-0.1, -0.05) is 37.3 Å². The van der Waals surface area contributed by atoms with E-state index in [2.05, 4.69) is 5.32 Å². The van der Waals surface area contributed by atoms with Crippen LogP contribution >= 0.6 is 0 Å². The van der Waals surface area contributed by atoms with Gasteiger partial charge in [0.15, 0.2) is 0 Å². The predicted octanol–water partition coefficient (Wildman–Crippen LogP) is 3.36. The van der Waals surface area contributed by atoms with Gasteiger partial charge in [0.05, 0.1) is 6.54 Å². The molecule has 0 spiro atoms. The minimum Gasteiger partial charge on any atom is -0.314 e. The van der Waals surface area contributed by atoms with Crippen molar-refractivity contribution >= 4 is 0 Å². The number of nitrogens with zero attached hydrogens (tertiary/aromatic N) is 1. The Labute approximate surface area is 118 Å². The second-order valence-electron chi connectivity index (χ2n) is 5.29. The van der Waals surface area contributed by atoms with Gasteiger partial charge in [-0.05, 0) is 24.9 Å². The lowest BCUT2D eigenvalue weighted by Gasteiger charge is -2.40. The largest absolute Gasteiger partial charge is 0.401 e. The summed E-state index contributed by atoms with van der Waals surface area (Å²) in [5.74, 6) is 0. The van der Waals surface area contributed by atoms with Crippen LogP contribution in [0.15, 0.2) is 30.3 Å². The zero-order valence-electron chi connectivity index (χ0n) is 11.7. The average Bonchev–Trinajstić information content (AvgIpc) is 2.40.